The molecule has 0 unspecified atom stereocenters. The van der Waals surface area contributed by atoms with E-state index in [2.05, 4.69) is 34.6 Å². The number of rotatable bonds is 9. The standard InChI is InChI=1S/C12H23N5/c1-3-5-7-9-14-16-12(11-13)17-15-10-8-6-4-2/h14H,3-10H2,1-2H3/b16-12+,17-15?. The summed E-state index contributed by atoms with van der Waals surface area (Å²) in [6.45, 7) is 5.74. The Morgan fingerprint density at radius 3 is 2.47 bits per heavy atom. The van der Waals surface area contributed by atoms with Crippen molar-refractivity contribution in [1.29, 1.82) is 5.26 Å². The van der Waals surface area contributed by atoms with Crippen LogP contribution in [0.3, 0.4) is 0 Å². The summed E-state index contributed by atoms with van der Waals surface area (Å²) in [7, 11) is 0. The van der Waals surface area contributed by atoms with Crippen LogP contribution in [-0.2, 0) is 0 Å². The number of amidine groups is 1. The Bertz CT molecular complexity index is 265. The number of hydrogen-bond donors (Lipinski definition) is 1. The third-order valence-corrected chi connectivity index (χ3v) is 2.20. The lowest BCUT2D eigenvalue weighted by atomic mass is 10.2. The number of nitrogens with one attached hydrogen (secondary N) is 1. The molecule has 96 valence electrons. The second-order valence-electron chi connectivity index (χ2n) is 3.83. The van der Waals surface area contributed by atoms with E-state index in [1.54, 1.807) is 0 Å². The topological polar surface area (TPSA) is 72.9 Å². The van der Waals surface area contributed by atoms with Crippen LogP contribution in [0.2, 0.25) is 0 Å². The fraction of sp³-hybridized carbons (Fsp3) is 0.833. The molecular weight excluding hydrogens is 214 g/mol. The molecule has 0 aromatic heterocycles. The van der Waals surface area contributed by atoms with E-state index in [0.717, 1.165) is 32.2 Å². The summed E-state index contributed by atoms with van der Waals surface area (Å²) < 4.78 is 0. The summed E-state index contributed by atoms with van der Waals surface area (Å²) in [5.41, 5.74) is 2.83. The molecule has 0 aliphatic rings. The monoisotopic (exact) mass is 237 g/mol. The van der Waals surface area contributed by atoms with Gasteiger partial charge in [0.1, 0.15) is 6.07 Å². The second-order valence-corrected chi connectivity index (χ2v) is 3.83. The van der Waals surface area contributed by atoms with E-state index in [-0.39, 0.29) is 5.84 Å². The SMILES string of the molecule is CCCCCN=N/C(C#N)=N/NCCCCC. The highest BCUT2D eigenvalue weighted by atomic mass is 15.3. The van der Waals surface area contributed by atoms with Crippen LogP contribution in [0.4, 0.5) is 0 Å². The number of azo groups is 1. The van der Waals surface area contributed by atoms with E-state index in [9.17, 15) is 0 Å². The van der Waals surface area contributed by atoms with Crippen LogP contribution in [0.1, 0.15) is 52.4 Å². The zero-order chi connectivity index (χ0) is 12.8. The van der Waals surface area contributed by atoms with Crippen molar-refractivity contribution in [3.05, 3.63) is 0 Å². The summed E-state index contributed by atoms with van der Waals surface area (Å²) in [4.78, 5) is 0. The van der Waals surface area contributed by atoms with Gasteiger partial charge in [0.2, 0.25) is 0 Å². The third-order valence-electron chi connectivity index (χ3n) is 2.20. The van der Waals surface area contributed by atoms with Crippen molar-refractivity contribution < 1.29 is 0 Å². The molecule has 0 saturated carbocycles. The van der Waals surface area contributed by atoms with Gasteiger partial charge in [-0.15, -0.1) is 10.2 Å². The molecule has 17 heavy (non-hydrogen) atoms. The molecule has 0 bridgehead atoms. The smallest absolute Gasteiger partial charge is 0.269 e. The van der Waals surface area contributed by atoms with Crippen molar-refractivity contribution in [3.8, 4) is 6.07 Å². The number of hydrazone groups is 1. The van der Waals surface area contributed by atoms with Crippen LogP contribution < -0.4 is 5.43 Å². The normalized spacial score (nSPS) is 11.7. The number of hydrogen-bond acceptors (Lipinski definition) is 4. The van der Waals surface area contributed by atoms with Gasteiger partial charge in [0.15, 0.2) is 0 Å². The zero-order valence-electron chi connectivity index (χ0n) is 10.9. The molecule has 0 fully saturated rings. The average Bonchev–Trinajstić information content (AvgIpc) is 2.36. The molecule has 0 saturated heterocycles. The first-order chi connectivity index (χ1) is 8.35. The van der Waals surface area contributed by atoms with Gasteiger partial charge in [-0.3, -0.25) is 0 Å². The van der Waals surface area contributed by atoms with Gasteiger partial charge >= 0.3 is 0 Å². The van der Waals surface area contributed by atoms with Crippen LogP contribution >= 0.6 is 0 Å². The fourth-order valence-corrected chi connectivity index (χ4v) is 1.20. The van der Waals surface area contributed by atoms with Gasteiger partial charge in [0, 0.05) is 6.54 Å². The summed E-state index contributed by atoms with van der Waals surface area (Å²) in [5.74, 6) is 0.109. The van der Waals surface area contributed by atoms with Crippen molar-refractivity contribution in [3.63, 3.8) is 0 Å². The predicted octanol–water partition coefficient (Wildman–Crippen LogP) is 3.25. The van der Waals surface area contributed by atoms with Gasteiger partial charge in [-0.25, -0.2) is 0 Å². The number of nitriles is 1. The van der Waals surface area contributed by atoms with Crippen LogP contribution in [0.15, 0.2) is 15.3 Å². The first kappa shape index (κ1) is 15.6. The van der Waals surface area contributed by atoms with Crippen LogP contribution in [0, 0.1) is 11.3 Å². The van der Waals surface area contributed by atoms with Crippen molar-refractivity contribution in [2.45, 2.75) is 52.4 Å². The van der Waals surface area contributed by atoms with Crippen molar-refractivity contribution in [2.75, 3.05) is 13.1 Å². The molecule has 0 radical (unpaired) electrons. The van der Waals surface area contributed by atoms with Crippen molar-refractivity contribution in [1.82, 2.24) is 5.43 Å². The number of unbranched alkanes of at least 4 members (excludes halogenated alkanes) is 4. The quantitative estimate of drug-likeness (QED) is 0.220. The van der Waals surface area contributed by atoms with Crippen LogP contribution in [0.5, 0.6) is 0 Å². The highest BCUT2D eigenvalue weighted by Crippen LogP contribution is 1.94. The zero-order valence-corrected chi connectivity index (χ0v) is 10.9. The minimum Gasteiger partial charge on any atom is -0.307 e. The Morgan fingerprint density at radius 2 is 1.82 bits per heavy atom. The van der Waals surface area contributed by atoms with E-state index in [1.807, 2.05) is 6.07 Å². The Labute approximate surface area is 104 Å². The highest BCUT2D eigenvalue weighted by Gasteiger charge is 1.93. The van der Waals surface area contributed by atoms with Gasteiger partial charge in [0.25, 0.3) is 5.84 Å². The van der Waals surface area contributed by atoms with Gasteiger partial charge in [0.05, 0.1) is 6.54 Å². The van der Waals surface area contributed by atoms with E-state index >= 15 is 0 Å². The molecule has 0 heterocycles. The van der Waals surface area contributed by atoms with E-state index < -0.39 is 0 Å². The minimum absolute atomic E-state index is 0.109. The Morgan fingerprint density at radius 1 is 1.12 bits per heavy atom. The van der Waals surface area contributed by atoms with Crippen LogP contribution in [0.25, 0.3) is 0 Å². The molecule has 0 rings (SSSR count). The molecule has 5 heteroatoms. The Hall–Kier alpha value is -1.44. The first-order valence-corrected chi connectivity index (χ1v) is 6.43. The van der Waals surface area contributed by atoms with E-state index in [4.69, 9.17) is 5.26 Å². The first-order valence-electron chi connectivity index (χ1n) is 6.43. The molecule has 0 aliphatic heterocycles. The highest BCUT2D eigenvalue weighted by molar-refractivity contribution is 5.96. The number of nitrogens with zero attached hydrogens (tertiary/aromatic N) is 4. The largest absolute Gasteiger partial charge is 0.307 e. The Balaban J connectivity index is 3.74. The Kier molecular flexibility index (Phi) is 11.6. The maximum Gasteiger partial charge on any atom is 0.269 e. The second kappa shape index (κ2) is 12.6. The fourth-order valence-electron chi connectivity index (χ4n) is 1.20. The van der Waals surface area contributed by atoms with E-state index in [0.29, 0.717) is 6.54 Å². The van der Waals surface area contributed by atoms with Gasteiger partial charge in [-0.05, 0) is 12.8 Å². The van der Waals surface area contributed by atoms with Gasteiger partial charge in [-0.2, -0.15) is 10.4 Å². The molecule has 0 aliphatic carbocycles. The van der Waals surface area contributed by atoms with Crippen LogP contribution in [-0.4, -0.2) is 18.9 Å². The molecule has 0 atom stereocenters. The third kappa shape index (κ3) is 10.8. The minimum atomic E-state index is 0.109. The average molecular weight is 237 g/mol. The van der Waals surface area contributed by atoms with Crippen molar-refractivity contribution in [2.24, 2.45) is 15.3 Å². The molecule has 5 nitrogen and oxygen atoms in total. The molecule has 0 amide bonds. The van der Waals surface area contributed by atoms with Gasteiger partial charge < -0.3 is 5.43 Å². The predicted molar refractivity (Wildman–Crippen MR) is 69.8 cm³/mol. The lowest BCUT2D eigenvalue weighted by Crippen LogP contribution is -2.09. The molecular formula is C12H23N5. The molecule has 0 spiro atoms. The van der Waals surface area contributed by atoms with Gasteiger partial charge in [-0.1, -0.05) is 39.5 Å². The maximum atomic E-state index is 8.76. The summed E-state index contributed by atoms with van der Waals surface area (Å²) in [6, 6.07) is 1.91. The summed E-state index contributed by atoms with van der Waals surface area (Å²) in [6.07, 6.45) is 6.73. The molecule has 0 aromatic carbocycles. The van der Waals surface area contributed by atoms with Crippen molar-refractivity contribution >= 4 is 5.84 Å². The van der Waals surface area contributed by atoms with E-state index in [1.165, 1.54) is 12.8 Å². The molecule has 1 N–H and O–H groups in total. The molecule has 0 aromatic rings. The maximum absolute atomic E-state index is 8.76. The summed E-state index contributed by atoms with van der Waals surface area (Å²) >= 11 is 0. The summed E-state index contributed by atoms with van der Waals surface area (Å²) in [5, 5.41) is 20.3. The lowest BCUT2D eigenvalue weighted by molar-refractivity contribution is 0.638. The lowest BCUT2D eigenvalue weighted by Gasteiger charge is -1.97.